The molecule has 0 unspecified atom stereocenters. The van der Waals surface area contributed by atoms with Crippen LogP contribution in [-0.4, -0.2) is 14.5 Å². The first kappa shape index (κ1) is 14.2. The van der Waals surface area contributed by atoms with Gasteiger partial charge in [-0.2, -0.15) is 0 Å². The SMILES string of the molecule is Cc1c([N+](=O)[O-])cn(Cc2cc(N)ccn2)c(=O)c1Br. The van der Waals surface area contributed by atoms with Gasteiger partial charge in [0, 0.05) is 17.4 Å². The third kappa shape index (κ3) is 2.69. The lowest BCUT2D eigenvalue weighted by Crippen LogP contribution is -2.23. The van der Waals surface area contributed by atoms with Crippen molar-refractivity contribution in [2.24, 2.45) is 0 Å². The van der Waals surface area contributed by atoms with E-state index in [1.54, 1.807) is 12.1 Å². The zero-order valence-corrected chi connectivity index (χ0v) is 12.1. The van der Waals surface area contributed by atoms with E-state index in [0.717, 1.165) is 0 Å². The maximum atomic E-state index is 12.1. The first-order valence-electron chi connectivity index (χ1n) is 5.64. The van der Waals surface area contributed by atoms with Gasteiger partial charge in [0.15, 0.2) is 0 Å². The van der Waals surface area contributed by atoms with E-state index in [0.29, 0.717) is 16.9 Å². The summed E-state index contributed by atoms with van der Waals surface area (Å²) >= 11 is 3.09. The summed E-state index contributed by atoms with van der Waals surface area (Å²) in [7, 11) is 0. The predicted molar refractivity (Wildman–Crippen MR) is 77.5 cm³/mol. The molecule has 0 aliphatic carbocycles. The van der Waals surface area contributed by atoms with Crippen molar-refractivity contribution in [2.45, 2.75) is 13.5 Å². The van der Waals surface area contributed by atoms with E-state index in [4.69, 9.17) is 5.73 Å². The number of nitrogens with zero attached hydrogens (tertiary/aromatic N) is 3. The van der Waals surface area contributed by atoms with Gasteiger partial charge >= 0.3 is 0 Å². The quantitative estimate of drug-likeness (QED) is 0.679. The standard InChI is InChI=1S/C12H11BrN4O3/c1-7-10(17(19)20)6-16(12(18)11(7)13)5-9-4-8(14)2-3-15-9/h2-4,6H,5H2,1H3,(H2,14,15). The molecule has 2 aromatic rings. The average Bonchev–Trinajstić information content (AvgIpc) is 2.39. The Kier molecular flexibility index (Phi) is 3.84. The summed E-state index contributed by atoms with van der Waals surface area (Å²) in [6.07, 6.45) is 2.74. The van der Waals surface area contributed by atoms with Crippen LogP contribution in [0.15, 0.2) is 33.8 Å². The summed E-state index contributed by atoms with van der Waals surface area (Å²) in [5.74, 6) is 0. The second kappa shape index (κ2) is 5.41. The molecule has 2 aromatic heterocycles. The molecule has 0 aliphatic rings. The molecular weight excluding hydrogens is 328 g/mol. The van der Waals surface area contributed by atoms with E-state index in [9.17, 15) is 14.9 Å². The number of anilines is 1. The smallest absolute Gasteiger partial charge is 0.289 e. The highest BCUT2D eigenvalue weighted by Gasteiger charge is 2.18. The lowest BCUT2D eigenvalue weighted by atomic mass is 10.2. The van der Waals surface area contributed by atoms with Gasteiger partial charge in [0.1, 0.15) is 0 Å². The van der Waals surface area contributed by atoms with E-state index < -0.39 is 4.92 Å². The normalized spacial score (nSPS) is 10.5. The van der Waals surface area contributed by atoms with E-state index in [2.05, 4.69) is 20.9 Å². The van der Waals surface area contributed by atoms with Crippen LogP contribution in [0.3, 0.4) is 0 Å². The Morgan fingerprint density at radius 2 is 2.25 bits per heavy atom. The van der Waals surface area contributed by atoms with Gasteiger partial charge in [-0.25, -0.2) is 0 Å². The van der Waals surface area contributed by atoms with Crippen molar-refractivity contribution < 1.29 is 4.92 Å². The van der Waals surface area contributed by atoms with Crippen LogP contribution in [-0.2, 0) is 6.54 Å². The number of nitrogens with two attached hydrogens (primary N) is 1. The molecule has 2 heterocycles. The maximum Gasteiger partial charge on any atom is 0.289 e. The Hall–Kier alpha value is -2.22. The van der Waals surface area contributed by atoms with E-state index in [1.807, 2.05) is 0 Å². The van der Waals surface area contributed by atoms with Gasteiger partial charge in [0.05, 0.1) is 27.8 Å². The molecule has 0 saturated heterocycles. The molecule has 0 amide bonds. The first-order chi connectivity index (χ1) is 9.40. The third-order valence-corrected chi connectivity index (χ3v) is 3.74. The summed E-state index contributed by atoms with van der Waals surface area (Å²) in [6, 6.07) is 3.24. The molecule has 7 nitrogen and oxygen atoms in total. The van der Waals surface area contributed by atoms with Gasteiger partial charge in [-0.3, -0.25) is 19.9 Å². The number of halogens is 1. The molecule has 0 spiro atoms. The monoisotopic (exact) mass is 338 g/mol. The van der Waals surface area contributed by atoms with Crippen LogP contribution in [0.25, 0.3) is 0 Å². The Labute approximate surface area is 122 Å². The Balaban J connectivity index is 2.52. The van der Waals surface area contributed by atoms with Gasteiger partial charge in [-0.05, 0) is 35.0 Å². The molecule has 0 radical (unpaired) electrons. The second-order valence-electron chi connectivity index (χ2n) is 4.22. The van der Waals surface area contributed by atoms with Crippen molar-refractivity contribution in [2.75, 3.05) is 5.73 Å². The molecular formula is C12H11BrN4O3. The molecule has 2 rings (SSSR count). The summed E-state index contributed by atoms with van der Waals surface area (Å²) in [4.78, 5) is 26.6. The summed E-state index contributed by atoms with van der Waals surface area (Å²) in [5, 5.41) is 11.0. The van der Waals surface area contributed by atoms with Crippen LogP contribution >= 0.6 is 15.9 Å². The van der Waals surface area contributed by atoms with Crippen LogP contribution in [0, 0.1) is 17.0 Å². The fourth-order valence-corrected chi connectivity index (χ4v) is 2.19. The maximum absolute atomic E-state index is 12.1. The van der Waals surface area contributed by atoms with Gasteiger partial charge in [-0.15, -0.1) is 0 Å². The molecule has 0 aliphatic heterocycles. The van der Waals surface area contributed by atoms with E-state index >= 15 is 0 Å². The van der Waals surface area contributed by atoms with E-state index in [-0.39, 0.29) is 22.3 Å². The van der Waals surface area contributed by atoms with Gasteiger partial charge in [-0.1, -0.05) is 0 Å². The second-order valence-corrected chi connectivity index (χ2v) is 5.02. The minimum absolute atomic E-state index is 0.115. The molecule has 0 saturated carbocycles. The zero-order chi connectivity index (χ0) is 14.9. The number of nitrogen functional groups attached to an aromatic ring is 1. The van der Waals surface area contributed by atoms with E-state index in [1.165, 1.54) is 23.9 Å². The van der Waals surface area contributed by atoms with Crippen molar-refractivity contribution in [1.29, 1.82) is 0 Å². The first-order valence-corrected chi connectivity index (χ1v) is 6.43. The molecule has 2 N–H and O–H groups in total. The number of nitro groups is 1. The van der Waals surface area contributed by atoms with Crippen molar-refractivity contribution in [3.05, 3.63) is 60.7 Å². The average molecular weight is 339 g/mol. The van der Waals surface area contributed by atoms with Crippen LogP contribution in [0.5, 0.6) is 0 Å². The van der Waals surface area contributed by atoms with Crippen LogP contribution < -0.4 is 11.3 Å². The number of hydrogen-bond acceptors (Lipinski definition) is 5. The van der Waals surface area contributed by atoms with Crippen molar-refractivity contribution in [3.63, 3.8) is 0 Å². The number of hydrogen-bond donors (Lipinski definition) is 1. The van der Waals surface area contributed by atoms with Crippen molar-refractivity contribution in [3.8, 4) is 0 Å². The Bertz CT molecular complexity index is 742. The number of pyridine rings is 2. The molecule has 0 fully saturated rings. The van der Waals surface area contributed by atoms with Gasteiger partial charge < -0.3 is 10.3 Å². The van der Waals surface area contributed by atoms with Crippen LogP contribution in [0.1, 0.15) is 11.3 Å². The van der Waals surface area contributed by atoms with Gasteiger partial charge in [0.25, 0.3) is 11.2 Å². The molecule has 8 heteroatoms. The lowest BCUT2D eigenvalue weighted by Gasteiger charge is -2.08. The predicted octanol–water partition coefficient (Wildman–Crippen LogP) is 1.85. The Morgan fingerprint density at radius 1 is 1.55 bits per heavy atom. The lowest BCUT2D eigenvalue weighted by molar-refractivity contribution is -0.386. The topological polar surface area (TPSA) is 104 Å². The molecule has 104 valence electrons. The highest BCUT2D eigenvalue weighted by Crippen LogP contribution is 2.22. The third-order valence-electron chi connectivity index (χ3n) is 2.81. The molecule has 20 heavy (non-hydrogen) atoms. The van der Waals surface area contributed by atoms with Crippen LogP contribution in [0.2, 0.25) is 0 Å². The summed E-state index contributed by atoms with van der Waals surface area (Å²) in [6.45, 7) is 1.64. The molecule has 0 aromatic carbocycles. The minimum Gasteiger partial charge on any atom is -0.399 e. The Morgan fingerprint density at radius 3 is 2.85 bits per heavy atom. The number of aromatic nitrogens is 2. The van der Waals surface area contributed by atoms with Crippen molar-refractivity contribution in [1.82, 2.24) is 9.55 Å². The fraction of sp³-hybridized carbons (Fsp3) is 0.167. The highest BCUT2D eigenvalue weighted by molar-refractivity contribution is 9.10. The largest absolute Gasteiger partial charge is 0.399 e. The number of rotatable bonds is 3. The summed E-state index contributed by atoms with van der Waals surface area (Å²) in [5.41, 5.74) is 6.54. The fourth-order valence-electron chi connectivity index (χ4n) is 1.76. The summed E-state index contributed by atoms with van der Waals surface area (Å²) < 4.78 is 1.41. The van der Waals surface area contributed by atoms with Gasteiger partial charge in [0.2, 0.25) is 0 Å². The zero-order valence-electron chi connectivity index (χ0n) is 10.5. The van der Waals surface area contributed by atoms with Crippen LogP contribution in [0.4, 0.5) is 11.4 Å². The molecule has 0 bridgehead atoms. The minimum atomic E-state index is -0.525. The van der Waals surface area contributed by atoms with Crippen molar-refractivity contribution >= 4 is 27.3 Å². The molecule has 0 atom stereocenters. The highest BCUT2D eigenvalue weighted by atomic mass is 79.9.